The van der Waals surface area contributed by atoms with Crippen molar-refractivity contribution in [2.24, 2.45) is 0 Å². The largest absolute Gasteiger partial charge is 0.573 e. The van der Waals surface area contributed by atoms with Crippen LogP contribution in [-0.2, 0) is 6.54 Å². The topological polar surface area (TPSA) is 50.4 Å². The number of halogens is 4. The molecule has 1 aliphatic heterocycles. The third-order valence-corrected chi connectivity index (χ3v) is 5.08. The standard InChI is InChI=1S/C18H16F4N2O2S/c19-12-5-6-16-13(9-12)14(7-8-27-16)24-17(25)23-10-11-3-1-2-4-15(11)26-18(20,21)22/h1-6,9,14H,7-8,10H2,(H2,23,24,25). The van der Waals surface area contributed by atoms with Crippen LogP contribution in [0.2, 0.25) is 0 Å². The Kier molecular flexibility index (Phi) is 5.79. The molecule has 0 spiro atoms. The summed E-state index contributed by atoms with van der Waals surface area (Å²) in [6, 6.07) is 9.09. The number of thioether (sulfide) groups is 1. The second kappa shape index (κ2) is 8.08. The van der Waals surface area contributed by atoms with Gasteiger partial charge >= 0.3 is 12.4 Å². The summed E-state index contributed by atoms with van der Waals surface area (Å²) in [6.45, 7) is -0.143. The van der Waals surface area contributed by atoms with E-state index in [1.807, 2.05) is 0 Å². The fourth-order valence-electron chi connectivity index (χ4n) is 2.77. The van der Waals surface area contributed by atoms with Gasteiger partial charge in [-0.25, -0.2) is 9.18 Å². The highest BCUT2D eigenvalue weighted by atomic mass is 32.2. The van der Waals surface area contributed by atoms with E-state index in [1.165, 1.54) is 30.3 Å². The highest BCUT2D eigenvalue weighted by Gasteiger charge is 2.32. The SMILES string of the molecule is O=C(NCc1ccccc1OC(F)(F)F)NC1CCSc2ccc(F)cc21. The number of carbonyl (C=O) groups excluding carboxylic acids is 1. The molecule has 3 rings (SSSR count). The number of alkyl halides is 3. The molecular weight excluding hydrogens is 384 g/mol. The molecule has 0 aliphatic carbocycles. The molecule has 2 amide bonds. The molecule has 2 aromatic rings. The van der Waals surface area contributed by atoms with Crippen molar-refractivity contribution in [2.75, 3.05) is 5.75 Å². The molecule has 2 aromatic carbocycles. The zero-order valence-electron chi connectivity index (χ0n) is 14.0. The van der Waals surface area contributed by atoms with E-state index in [2.05, 4.69) is 15.4 Å². The second-order valence-electron chi connectivity index (χ2n) is 5.85. The summed E-state index contributed by atoms with van der Waals surface area (Å²) in [5.74, 6) is 0.0136. The van der Waals surface area contributed by atoms with E-state index in [-0.39, 0.29) is 29.7 Å². The van der Waals surface area contributed by atoms with E-state index in [0.29, 0.717) is 12.0 Å². The van der Waals surface area contributed by atoms with E-state index in [1.54, 1.807) is 23.9 Å². The number of rotatable bonds is 4. The average Bonchev–Trinajstić information content (AvgIpc) is 2.60. The van der Waals surface area contributed by atoms with Gasteiger partial charge in [0, 0.05) is 22.8 Å². The van der Waals surface area contributed by atoms with Crippen molar-refractivity contribution in [3.8, 4) is 5.75 Å². The first kappa shape index (κ1) is 19.3. The lowest BCUT2D eigenvalue weighted by atomic mass is 10.0. The van der Waals surface area contributed by atoms with Crippen molar-refractivity contribution < 1.29 is 27.1 Å². The number of ether oxygens (including phenoxy) is 1. The Bertz CT molecular complexity index is 829. The van der Waals surface area contributed by atoms with Crippen LogP contribution in [0.4, 0.5) is 22.4 Å². The Morgan fingerprint density at radius 2 is 2.00 bits per heavy atom. The lowest BCUT2D eigenvalue weighted by Gasteiger charge is -2.26. The Morgan fingerprint density at radius 3 is 2.78 bits per heavy atom. The van der Waals surface area contributed by atoms with Crippen LogP contribution in [0, 0.1) is 5.82 Å². The molecule has 1 unspecified atom stereocenters. The van der Waals surface area contributed by atoms with Gasteiger partial charge in [0.05, 0.1) is 6.04 Å². The Morgan fingerprint density at radius 1 is 1.22 bits per heavy atom. The number of para-hydroxylation sites is 1. The van der Waals surface area contributed by atoms with Gasteiger partial charge in [0.1, 0.15) is 11.6 Å². The minimum atomic E-state index is -4.81. The van der Waals surface area contributed by atoms with Gasteiger partial charge in [-0.3, -0.25) is 0 Å². The van der Waals surface area contributed by atoms with E-state index in [9.17, 15) is 22.4 Å². The molecule has 0 aromatic heterocycles. The van der Waals surface area contributed by atoms with E-state index >= 15 is 0 Å². The van der Waals surface area contributed by atoms with Crippen molar-refractivity contribution >= 4 is 17.8 Å². The number of fused-ring (bicyclic) bond motifs is 1. The maximum Gasteiger partial charge on any atom is 0.573 e. The number of carbonyl (C=O) groups is 1. The fraction of sp³-hybridized carbons (Fsp3) is 0.278. The highest BCUT2D eigenvalue weighted by Crippen LogP contribution is 2.36. The van der Waals surface area contributed by atoms with Gasteiger partial charge in [-0.2, -0.15) is 0 Å². The molecule has 0 fully saturated rings. The normalized spacial score (nSPS) is 16.4. The summed E-state index contributed by atoms with van der Waals surface area (Å²) in [6.07, 6.45) is -4.19. The zero-order chi connectivity index (χ0) is 19.4. The van der Waals surface area contributed by atoms with Crippen LogP contribution in [0.3, 0.4) is 0 Å². The first-order valence-electron chi connectivity index (χ1n) is 8.12. The van der Waals surface area contributed by atoms with Crippen molar-refractivity contribution in [3.05, 3.63) is 59.4 Å². The van der Waals surface area contributed by atoms with Crippen LogP contribution in [-0.4, -0.2) is 18.1 Å². The third-order valence-electron chi connectivity index (χ3n) is 3.95. The van der Waals surface area contributed by atoms with Gasteiger partial charge < -0.3 is 15.4 Å². The smallest absolute Gasteiger partial charge is 0.405 e. The molecule has 2 N–H and O–H groups in total. The van der Waals surface area contributed by atoms with Crippen LogP contribution in [0.1, 0.15) is 23.6 Å². The van der Waals surface area contributed by atoms with E-state index in [0.717, 1.165) is 10.6 Å². The number of amides is 2. The fourth-order valence-corrected chi connectivity index (χ4v) is 3.88. The summed E-state index contributed by atoms with van der Waals surface area (Å²) in [4.78, 5) is 13.1. The van der Waals surface area contributed by atoms with Gasteiger partial charge in [-0.15, -0.1) is 24.9 Å². The minimum absolute atomic E-state index is 0.143. The minimum Gasteiger partial charge on any atom is -0.405 e. The summed E-state index contributed by atoms with van der Waals surface area (Å²) in [5, 5.41) is 5.27. The Labute approximate surface area is 157 Å². The Balaban J connectivity index is 1.63. The molecule has 27 heavy (non-hydrogen) atoms. The monoisotopic (exact) mass is 400 g/mol. The van der Waals surface area contributed by atoms with Crippen molar-refractivity contribution in [2.45, 2.75) is 30.3 Å². The quantitative estimate of drug-likeness (QED) is 0.728. The molecule has 1 heterocycles. The molecule has 9 heteroatoms. The first-order valence-corrected chi connectivity index (χ1v) is 9.10. The van der Waals surface area contributed by atoms with Crippen molar-refractivity contribution in [3.63, 3.8) is 0 Å². The molecule has 0 bridgehead atoms. The lowest BCUT2D eigenvalue weighted by molar-refractivity contribution is -0.274. The molecule has 0 saturated carbocycles. The zero-order valence-corrected chi connectivity index (χ0v) is 14.8. The average molecular weight is 400 g/mol. The summed E-state index contributed by atoms with van der Waals surface area (Å²) in [7, 11) is 0. The molecule has 0 saturated heterocycles. The van der Waals surface area contributed by atoms with Crippen LogP contribution in [0.15, 0.2) is 47.4 Å². The van der Waals surface area contributed by atoms with Gasteiger partial charge in [0.2, 0.25) is 0 Å². The van der Waals surface area contributed by atoms with E-state index in [4.69, 9.17) is 0 Å². The molecule has 144 valence electrons. The van der Waals surface area contributed by atoms with Gasteiger partial charge in [-0.05, 0) is 36.2 Å². The summed E-state index contributed by atoms with van der Waals surface area (Å²) in [5.41, 5.74) is 0.887. The summed E-state index contributed by atoms with van der Waals surface area (Å²) >= 11 is 1.58. The second-order valence-corrected chi connectivity index (χ2v) is 6.99. The van der Waals surface area contributed by atoms with Gasteiger partial charge in [0.25, 0.3) is 0 Å². The van der Waals surface area contributed by atoms with Gasteiger partial charge in [-0.1, -0.05) is 18.2 Å². The first-order chi connectivity index (χ1) is 12.8. The number of urea groups is 1. The Hall–Kier alpha value is -2.42. The van der Waals surface area contributed by atoms with Crippen molar-refractivity contribution in [1.82, 2.24) is 10.6 Å². The van der Waals surface area contributed by atoms with Crippen LogP contribution < -0.4 is 15.4 Å². The van der Waals surface area contributed by atoms with Crippen LogP contribution >= 0.6 is 11.8 Å². The van der Waals surface area contributed by atoms with Gasteiger partial charge in [0.15, 0.2) is 0 Å². The summed E-state index contributed by atoms with van der Waals surface area (Å²) < 4.78 is 54.8. The van der Waals surface area contributed by atoms with Crippen molar-refractivity contribution in [1.29, 1.82) is 0 Å². The number of nitrogens with one attached hydrogen (secondary N) is 2. The number of benzene rings is 2. The maximum absolute atomic E-state index is 13.5. The predicted octanol–water partition coefficient (Wildman–Crippen LogP) is 4.76. The number of hydrogen-bond acceptors (Lipinski definition) is 3. The van der Waals surface area contributed by atoms with E-state index < -0.39 is 12.4 Å². The highest BCUT2D eigenvalue weighted by molar-refractivity contribution is 7.99. The molecule has 0 radical (unpaired) electrons. The predicted molar refractivity (Wildman–Crippen MR) is 93.0 cm³/mol. The lowest BCUT2D eigenvalue weighted by Crippen LogP contribution is -2.38. The third kappa shape index (κ3) is 5.29. The molecule has 4 nitrogen and oxygen atoms in total. The molecular formula is C18H16F4N2O2S. The molecule has 1 atom stereocenters. The maximum atomic E-state index is 13.5. The van der Waals surface area contributed by atoms with Crippen LogP contribution in [0.25, 0.3) is 0 Å². The number of hydrogen-bond donors (Lipinski definition) is 2. The molecule has 1 aliphatic rings. The van der Waals surface area contributed by atoms with Crippen LogP contribution in [0.5, 0.6) is 5.75 Å².